The van der Waals surface area contributed by atoms with E-state index < -0.39 is 11.7 Å². The topological polar surface area (TPSA) is 129 Å². The Bertz CT molecular complexity index is 1310. The number of benzene rings is 1. The van der Waals surface area contributed by atoms with Gasteiger partial charge in [0, 0.05) is 23.9 Å². The number of hydrogen-bond acceptors (Lipinski definition) is 10. The van der Waals surface area contributed by atoms with Gasteiger partial charge in [-0.1, -0.05) is 23.2 Å². The summed E-state index contributed by atoms with van der Waals surface area (Å²) < 4.78 is 21.7. The molecule has 2 aromatic heterocycles. The summed E-state index contributed by atoms with van der Waals surface area (Å²) in [5, 5.41) is 9.93. The number of pyridine rings is 1. The number of anilines is 3. The first-order valence-corrected chi connectivity index (χ1v) is 12.8. The van der Waals surface area contributed by atoms with Crippen molar-refractivity contribution in [1.29, 1.82) is 0 Å². The van der Waals surface area contributed by atoms with Crippen LogP contribution in [-0.4, -0.2) is 66.2 Å². The average Bonchev–Trinajstić information content (AvgIpc) is 3.32. The molecule has 0 aliphatic carbocycles. The minimum Gasteiger partial charge on any atom is -0.495 e. The monoisotopic (exact) mass is 576 g/mol. The van der Waals surface area contributed by atoms with Crippen molar-refractivity contribution in [2.75, 3.05) is 38.1 Å². The Labute approximate surface area is 236 Å². The van der Waals surface area contributed by atoms with Crippen LogP contribution in [0.25, 0.3) is 11.3 Å². The van der Waals surface area contributed by atoms with E-state index in [1.807, 2.05) is 26.8 Å². The number of carbonyl (C=O) groups is 1. The molecule has 13 heteroatoms. The normalized spacial score (nSPS) is 16.9. The van der Waals surface area contributed by atoms with Crippen LogP contribution in [0.1, 0.15) is 20.8 Å². The Morgan fingerprint density at radius 3 is 2.38 bits per heavy atom. The number of nitrogens with zero attached hydrogens (tertiary/aromatic N) is 3. The molecule has 208 valence electrons. The van der Waals surface area contributed by atoms with E-state index in [0.29, 0.717) is 53.3 Å². The van der Waals surface area contributed by atoms with Gasteiger partial charge in [0.05, 0.1) is 50.9 Å². The highest BCUT2D eigenvalue weighted by Gasteiger charge is 2.31. The molecule has 0 spiro atoms. The molecule has 1 aliphatic heterocycles. The van der Waals surface area contributed by atoms with Crippen LogP contribution in [0.2, 0.25) is 10.0 Å². The number of aromatic nitrogens is 3. The lowest BCUT2D eigenvalue weighted by Crippen LogP contribution is -2.47. The van der Waals surface area contributed by atoms with Crippen LogP contribution >= 0.6 is 23.2 Å². The second-order valence-electron chi connectivity index (χ2n) is 9.64. The molecule has 4 rings (SSSR count). The van der Waals surface area contributed by atoms with Gasteiger partial charge in [-0.3, -0.25) is 0 Å². The van der Waals surface area contributed by atoms with Crippen molar-refractivity contribution in [2.45, 2.75) is 38.5 Å². The molecule has 3 N–H and O–H groups in total. The summed E-state index contributed by atoms with van der Waals surface area (Å²) >= 11 is 13.1. The van der Waals surface area contributed by atoms with E-state index in [1.165, 1.54) is 20.5 Å². The van der Waals surface area contributed by atoms with Crippen molar-refractivity contribution in [3.05, 3.63) is 46.8 Å². The molecule has 3 heterocycles. The molecule has 1 aromatic carbocycles. The molecule has 0 bridgehead atoms. The number of alkyl carbamates (subject to hydrolysis) is 1. The Balaban J connectivity index is 1.57. The van der Waals surface area contributed by atoms with Crippen LogP contribution in [0.3, 0.4) is 0 Å². The van der Waals surface area contributed by atoms with Crippen molar-refractivity contribution >= 4 is 46.6 Å². The average molecular weight is 577 g/mol. The third kappa shape index (κ3) is 6.92. The van der Waals surface area contributed by atoms with Crippen molar-refractivity contribution in [1.82, 2.24) is 20.3 Å². The molecule has 39 heavy (non-hydrogen) atoms. The van der Waals surface area contributed by atoms with Crippen LogP contribution in [0, 0.1) is 0 Å². The standard InChI is InChI=1S/C26H30Cl2N6O5/c1-26(2,3)39-25(35)33-17-12-38-11-16(17)32-20-9-15(30-13-31-20)14-7-6-8-29-24(14)34-23-21(27)18(36-4)10-19(37-5)22(23)28/h6-10,13,16-17H,11-12H2,1-5H3,(H,29,34)(H,33,35)(H,30,31,32)/t16-,17+/m1/s1. The molecule has 1 amide bonds. The number of carbonyl (C=O) groups excluding carboxylic acids is 1. The lowest BCUT2D eigenvalue weighted by Gasteiger charge is -2.24. The minimum atomic E-state index is -0.603. The van der Waals surface area contributed by atoms with Crippen LogP contribution in [-0.2, 0) is 9.47 Å². The molecule has 1 saturated heterocycles. The van der Waals surface area contributed by atoms with Crippen LogP contribution < -0.4 is 25.4 Å². The number of ether oxygens (including phenoxy) is 4. The largest absolute Gasteiger partial charge is 0.495 e. The molecule has 0 unspecified atom stereocenters. The van der Waals surface area contributed by atoms with Gasteiger partial charge in [0.15, 0.2) is 0 Å². The zero-order chi connectivity index (χ0) is 28.2. The summed E-state index contributed by atoms with van der Waals surface area (Å²) in [4.78, 5) is 25.5. The number of nitrogens with one attached hydrogen (secondary N) is 3. The number of methoxy groups -OCH3 is 2. The lowest BCUT2D eigenvalue weighted by atomic mass is 10.1. The quantitative estimate of drug-likeness (QED) is 0.324. The number of halogens is 2. The van der Waals surface area contributed by atoms with E-state index >= 15 is 0 Å². The summed E-state index contributed by atoms with van der Waals surface area (Å²) in [5.41, 5.74) is 1.03. The summed E-state index contributed by atoms with van der Waals surface area (Å²) in [6.07, 6.45) is 2.56. The maximum absolute atomic E-state index is 12.3. The highest BCUT2D eigenvalue weighted by molar-refractivity contribution is 6.41. The van der Waals surface area contributed by atoms with E-state index in [4.69, 9.17) is 42.1 Å². The van der Waals surface area contributed by atoms with E-state index in [-0.39, 0.29) is 22.1 Å². The highest BCUT2D eigenvalue weighted by Crippen LogP contribution is 2.45. The number of rotatable bonds is 8. The SMILES string of the molecule is COc1cc(OC)c(Cl)c(Nc2ncccc2-c2cc(N[C@@H]3COC[C@@H]3NC(=O)OC(C)(C)C)ncn2)c1Cl. The van der Waals surface area contributed by atoms with Gasteiger partial charge in [-0.25, -0.2) is 19.7 Å². The molecule has 2 atom stereocenters. The van der Waals surface area contributed by atoms with Gasteiger partial charge < -0.3 is 34.9 Å². The summed E-state index contributed by atoms with van der Waals surface area (Å²) in [6, 6.07) is 6.49. The fourth-order valence-corrected chi connectivity index (χ4v) is 4.49. The summed E-state index contributed by atoms with van der Waals surface area (Å²) in [6.45, 7) is 6.16. The number of hydrogen-bond donors (Lipinski definition) is 3. The van der Waals surface area contributed by atoms with Gasteiger partial charge >= 0.3 is 6.09 Å². The summed E-state index contributed by atoms with van der Waals surface area (Å²) in [5.74, 6) is 1.77. The molecule has 1 fully saturated rings. The number of amides is 1. The maximum atomic E-state index is 12.3. The van der Waals surface area contributed by atoms with Crippen molar-refractivity contribution in [2.24, 2.45) is 0 Å². The second kappa shape index (κ2) is 12.1. The van der Waals surface area contributed by atoms with Gasteiger partial charge in [-0.05, 0) is 32.9 Å². The smallest absolute Gasteiger partial charge is 0.408 e. The van der Waals surface area contributed by atoms with E-state index in [1.54, 1.807) is 24.4 Å². The van der Waals surface area contributed by atoms with E-state index in [9.17, 15) is 4.79 Å². The van der Waals surface area contributed by atoms with Crippen molar-refractivity contribution in [3.63, 3.8) is 0 Å². The lowest BCUT2D eigenvalue weighted by molar-refractivity contribution is 0.0497. The zero-order valence-electron chi connectivity index (χ0n) is 22.2. The van der Waals surface area contributed by atoms with Crippen LogP contribution in [0.5, 0.6) is 11.5 Å². The predicted octanol–water partition coefficient (Wildman–Crippen LogP) is 5.31. The van der Waals surface area contributed by atoms with Gasteiger partial charge in [0.1, 0.15) is 45.1 Å². The first kappa shape index (κ1) is 28.5. The summed E-state index contributed by atoms with van der Waals surface area (Å²) in [7, 11) is 3.01. The Hall–Kier alpha value is -3.54. The van der Waals surface area contributed by atoms with Gasteiger partial charge in [-0.15, -0.1) is 0 Å². The van der Waals surface area contributed by atoms with Gasteiger partial charge in [0.2, 0.25) is 0 Å². The van der Waals surface area contributed by atoms with Crippen molar-refractivity contribution < 1.29 is 23.7 Å². The van der Waals surface area contributed by atoms with E-state index in [0.717, 1.165) is 0 Å². The molecule has 0 saturated carbocycles. The molecular weight excluding hydrogens is 547 g/mol. The Morgan fingerprint density at radius 2 is 1.72 bits per heavy atom. The molecule has 0 radical (unpaired) electrons. The second-order valence-corrected chi connectivity index (χ2v) is 10.4. The van der Waals surface area contributed by atoms with E-state index in [2.05, 4.69) is 30.9 Å². The maximum Gasteiger partial charge on any atom is 0.408 e. The molecule has 1 aliphatic rings. The zero-order valence-corrected chi connectivity index (χ0v) is 23.7. The molecule has 3 aromatic rings. The first-order chi connectivity index (χ1) is 18.6. The minimum absolute atomic E-state index is 0.228. The fourth-order valence-electron chi connectivity index (χ4n) is 3.90. The third-order valence-electron chi connectivity index (χ3n) is 5.68. The van der Waals surface area contributed by atoms with Gasteiger partial charge in [-0.2, -0.15) is 0 Å². The molecule has 11 nitrogen and oxygen atoms in total. The third-order valence-corrected chi connectivity index (χ3v) is 6.43. The van der Waals surface area contributed by atoms with Crippen LogP contribution in [0.4, 0.5) is 22.1 Å². The predicted molar refractivity (Wildman–Crippen MR) is 149 cm³/mol. The Kier molecular flexibility index (Phi) is 8.83. The Morgan fingerprint density at radius 1 is 1.03 bits per heavy atom. The highest BCUT2D eigenvalue weighted by atomic mass is 35.5. The first-order valence-electron chi connectivity index (χ1n) is 12.1. The van der Waals surface area contributed by atoms with Gasteiger partial charge in [0.25, 0.3) is 0 Å². The van der Waals surface area contributed by atoms with Crippen molar-refractivity contribution in [3.8, 4) is 22.8 Å². The van der Waals surface area contributed by atoms with Crippen LogP contribution in [0.15, 0.2) is 36.8 Å². The molecular formula is C26H30Cl2N6O5. The fraction of sp³-hybridized carbons (Fsp3) is 0.385.